The molecular weight excluding hydrogens is 284 g/mol. The highest BCUT2D eigenvalue weighted by Gasteiger charge is 2.27. The van der Waals surface area contributed by atoms with Crippen LogP contribution in [0.4, 0.5) is 5.69 Å². The van der Waals surface area contributed by atoms with E-state index < -0.39 is 0 Å². The van der Waals surface area contributed by atoms with Gasteiger partial charge in [0.1, 0.15) is 6.04 Å². The first kappa shape index (κ1) is 14.0. The van der Waals surface area contributed by atoms with Crippen LogP contribution in [-0.4, -0.2) is 11.9 Å². The first-order valence-corrected chi connectivity index (χ1v) is 7.42. The summed E-state index contributed by atoms with van der Waals surface area (Å²) in [5.41, 5.74) is 3.16. The van der Waals surface area contributed by atoms with E-state index in [1.807, 2.05) is 55.5 Å². The number of nitrogens with one attached hydrogen (secondary N) is 2. The van der Waals surface area contributed by atoms with Gasteiger partial charge in [-0.25, -0.2) is 0 Å². The molecule has 108 valence electrons. The van der Waals surface area contributed by atoms with Gasteiger partial charge < -0.3 is 10.6 Å². The Morgan fingerprint density at radius 3 is 2.71 bits per heavy atom. The van der Waals surface area contributed by atoms with Crippen molar-refractivity contribution in [2.24, 2.45) is 0 Å². The molecule has 1 amide bonds. The SMILES string of the molecule is CC(NC(=O)[C@@H]1Cc2ccccc2N1)c1ccccc1Cl. The van der Waals surface area contributed by atoms with Gasteiger partial charge in [0.15, 0.2) is 0 Å². The Balaban J connectivity index is 1.67. The minimum atomic E-state index is -0.215. The minimum absolute atomic E-state index is 0.00128. The lowest BCUT2D eigenvalue weighted by Crippen LogP contribution is -2.39. The number of benzene rings is 2. The fraction of sp³-hybridized carbons (Fsp3) is 0.235. The Morgan fingerprint density at radius 1 is 1.24 bits per heavy atom. The van der Waals surface area contributed by atoms with Crippen LogP contribution in [0.25, 0.3) is 0 Å². The van der Waals surface area contributed by atoms with Gasteiger partial charge in [0, 0.05) is 17.1 Å². The molecular formula is C17H17ClN2O. The summed E-state index contributed by atoms with van der Waals surface area (Å²) in [6, 6.07) is 15.3. The summed E-state index contributed by atoms with van der Waals surface area (Å²) in [5, 5.41) is 6.96. The fourth-order valence-electron chi connectivity index (χ4n) is 2.67. The molecule has 0 spiro atoms. The molecule has 0 saturated heterocycles. The number of halogens is 1. The van der Waals surface area contributed by atoms with Crippen molar-refractivity contribution >= 4 is 23.2 Å². The maximum Gasteiger partial charge on any atom is 0.243 e. The van der Waals surface area contributed by atoms with Gasteiger partial charge in [0.05, 0.1) is 6.04 Å². The molecule has 0 fully saturated rings. The highest BCUT2D eigenvalue weighted by Crippen LogP contribution is 2.26. The Hall–Kier alpha value is -2.00. The molecule has 3 nitrogen and oxygen atoms in total. The van der Waals surface area contributed by atoms with E-state index >= 15 is 0 Å². The molecule has 2 aromatic rings. The average molecular weight is 301 g/mol. The number of hydrogen-bond acceptors (Lipinski definition) is 2. The zero-order valence-electron chi connectivity index (χ0n) is 11.8. The van der Waals surface area contributed by atoms with E-state index in [1.165, 1.54) is 5.56 Å². The molecule has 2 aromatic carbocycles. The molecule has 1 unspecified atom stereocenters. The quantitative estimate of drug-likeness (QED) is 0.910. The summed E-state index contributed by atoms with van der Waals surface area (Å²) in [4.78, 5) is 12.4. The summed E-state index contributed by atoms with van der Waals surface area (Å²) in [6.07, 6.45) is 0.719. The van der Waals surface area contributed by atoms with Crippen LogP contribution in [0.5, 0.6) is 0 Å². The molecule has 1 aliphatic rings. The maximum atomic E-state index is 12.4. The second-order valence-electron chi connectivity index (χ2n) is 5.31. The van der Waals surface area contributed by atoms with Crippen LogP contribution in [0.15, 0.2) is 48.5 Å². The third kappa shape index (κ3) is 2.88. The van der Waals surface area contributed by atoms with E-state index in [2.05, 4.69) is 10.6 Å². The first-order chi connectivity index (χ1) is 10.1. The number of amides is 1. The summed E-state index contributed by atoms with van der Waals surface area (Å²) < 4.78 is 0. The number of carbonyl (C=O) groups excluding carboxylic acids is 1. The van der Waals surface area contributed by atoms with Crippen molar-refractivity contribution in [3.05, 3.63) is 64.7 Å². The van der Waals surface area contributed by atoms with E-state index in [0.717, 1.165) is 17.7 Å². The van der Waals surface area contributed by atoms with Gasteiger partial charge in [-0.1, -0.05) is 48.0 Å². The predicted molar refractivity (Wildman–Crippen MR) is 85.6 cm³/mol. The lowest BCUT2D eigenvalue weighted by Gasteiger charge is -2.18. The van der Waals surface area contributed by atoms with Crippen molar-refractivity contribution in [1.29, 1.82) is 0 Å². The van der Waals surface area contributed by atoms with Gasteiger partial charge in [-0.15, -0.1) is 0 Å². The fourth-order valence-corrected chi connectivity index (χ4v) is 2.97. The van der Waals surface area contributed by atoms with Crippen LogP contribution < -0.4 is 10.6 Å². The smallest absolute Gasteiger partial charge is 0.243 e. The second-order valence-corrected chi connectivity index (χ2v) is 5.72. The highest BCUT2D eigenvalue weighted by atomic mass is 35.5. The third-order valence-electron chi connectivity index (χ3n) is 3.82. The number of hydrogen-bond donors (Lipinski definition) is 2. The van der Waals surface area contributed by atoms with E-state index in [-0.39, 0.29) is 18.0 Å². The summed E-state index contributed by atoms with van der Waals surface area (Å²) in [6.45, 7) is 1.95. The lowest BCUT2D eigenvalue weighted by molar-refractivity contribution is -0.122. The summed E-state index contributed by atoms with van der Waals surface area (Å²) in [7, 11) is 0. The third-order valence-corrected chi connectivity index (χ3v) is 4.16. The zero-order chi connectivity index (χ0) is 14.8. The number of para-hydroxylation sites is 1. The molecule has 0 radical (unpaired) electrons. The van der Waals surface area contributed by atoms with Crippen LogP contribution in [0.2, 0.25) is 5.02 Å². The van der Waals surface area contributed by atoms with Gasteiger partial charge in [0.2, 0.25) is 5.91 Å². The molecule has 0 bridgehead atoms. The van der Waals surface area contributed by atoms with Gasteiger partial charge >= 0.3 is 0 Å². The molecule has 3 rings (SSSR count). The van der Waals surface area contributed by atoms with Crippen LogP contribution in [0.1, 0.15) is 24.1 Å². The van der Waals surface area contributed by atoms with Crippen molar-refractivity contribution < 1.29 is 4.79 Å². The monoisotopic (exact) mass is 300 g/mol. The van der Waals surface area contributed by atoms with Crippen molar-refractivity contribution in [2.45, 2.75) is 25.4 Å². The van der Waals surface area contributed by atoms with Crippen LogP contribution >= 0.6 is 11.6 Å². The molecule has 2 N–H and O–H groups in total. The number of carbonyl (C=O) groups is 1. The van der Waals surface area contributed by atoms with E-state index in [0.29, 0.717) is 5.02 Å². The molecule has 1 heterocycles. The van der Waals surface area contributed by atoms with E-state index in [4.69, 9.17) is 11.6 Å². The van der Waals surface area contributed by atoms with Crippen LogP contribution in [-0.2, 0) is 11.2 Å². The van der Waals surface area contributed by atoms with Crippen molar-refractivity contribution in [3.63, 3.8) is 0 Å². The Morgan fingerprint density at radius 2 is 1.95 bits per heavy atom. The Bertz CT molecular complexity index is 646. The molecule has 0 aromatic heterocycles. The van der Waals surface area contributed by atoms with E-state index in [9.17, 15) is 4.79 Å². The van der Waals surface area contributed by atoms with Gasteiger partial charge in [-0.3, -0.25) is 4.79 Å². The normalized spacial score (nSPS) is 17.7. The number of rotatable bonds is 3. The topological polar surface area (TPSA) is 41.1 Å². The average Bonchev–Trinajstić information content (AvgIpc) is 2.91. The summed E-state index contributed by atoms with van der Waals surface area (Å²) >= 11 is 6.17. The first-order valence-electron chi connectivity index (χ1n) is 7.04. The minimum Gasteiger partial charge on any atom is -0.373 e. The Kier molecular flexibility index (Phi) is 3.84. The second kappa shape index (κ2) is 5.78. The van der Waals surface area contributed by atoms with Crippen LogP contribution in [0.3, 0.4) is 0 Å². The molecule has 2 atom stereocenters. The lowest BCUT2D eigenvalue weighted by atomic mass is 10.1. The predicted octanol–water partition coefficient (Wildman–Crippen LogP) is 3.55. The summed E-state index contributed by atoms with van der Waals surface area (Å²) in [5.74, 6) is -0.00128. The largest absolute Gasteiger partial charge is 0.373 e. The zero-order valence-corrected chi connectivity index (χ0v) is 12.5. The Labute approximate surface area is 129 Å². The highest BCUT2D eigenvalue weighted by molar-refractivity contribution is 6.31. The number of fused-ring (bicyclic) bond motifs is 1. The van der Waals surface area contributed by atoms with E-state index in [1.54, 1.807) is 0 Å². The molecule has 21 heavy (non-hydrogen) atoms. The van der Waals surface area contributed by atoms with Crippen molar-refractivity contribution in [1.82, 2.24) is 5.32 Å². The number of anilines is 1. The van der Waals surface area contributed by atoms with Crippen LogP contribution in [0, 0.1) is 0 Å². The van der Waals surface area contributed by atoms with Gasteiger partial charge in [-0.2, -0.15) is 0 Å². The van der Waals surface area contributed by atoms with Crippen molar-refractivity contribution in [2.75, 3.05) is 5.32 Å². The molecule has 0 saturated carbocycles. The molecule has 4 heteroatoms. The van der Waals surface area contributed by atoms with Gasteiger partial charge in [-0.05, 0) is 30.2 Å². The molecule has 1 aliphatic heterocycles. The standard InChI is InChI=1S/C17H17ClN2O/c1-11(13-7-3-4-8-14(13)18)19-17(21)16-10-12-6-2-5-9-15(12)20-16/h2-9,11,16,20H,10H2,1H3,(H,19,21)/t11?,16-/m0/s1. The van der Waals surface area contributed by atoms with Crippen molar-refractivity contribution in [3.8, 4) is 0 Å². The maximum absolute atomic E-state index is 12.4. The molecule has 0 aliphatic carbocycles. The van der Waals surface area contributed by atoms with Gasteiger partial charge in [0.25, 0.3) is 0 Å².